The number of hydrogen-bond donors (Lipinski definition) is 1. The highest BCUT2D eigenvalue weighted by Gasteiger charge is 2.21. The van der Waals surface area contributed by atoms with Gasteiger partial charge in [-0.25, -0.2) is 4.79 Å². The quantitative estimate of drug-likeness (QED) is 0.907. The molecule has 136 valence electrons. The van der Waals surface area contributed by atoms with E-state index in [4.69, 9.17) is 9.47 Å². The lowest BCUT2D eigenvalue weighted by Crippen LogP contribution is -2.51. The second-order valence-electron chi connectivity index (χ2n) is 6.43. The monoisotopic (exact) mass is 354 g/mol. The normalized spacial score (nSPS) is 16.5. The largest absolute Gasteiger partial charge is 0.454 e. The zero-order chi connectivity index (χ0) is 17.8. The molecule has 0 spiro atoms. The van der Waals surface area contributed by atoms with E-state index in [0.29, 0.717) is 6.54 Å². The van der Waals surface area contributed by atoms with Gasteiger partial charge in [-0.05, 0) is 29.8 Å². The number of aromatic nitrogens is 1. The number of carbonyl (C=O) groups is 1. The Hall–Kier alpha value is -2.80. The minimum atomic E-state index is -0.0276. The Balaban J connectivity index is 1.23. The highest BCUT2D eigenvalue weighted by molar-refractivity contribution is 5.74. The Kier molecular flexibility index (Phi) is 4.88. The van der Waals surface area contributed by atoms with Gasteiger partial charge in [-0.1, -0.05) is 12.1 Å². The number of benzene rings is 1. The molecule has 7 heteroatoms. The van der Waals surface area contributed by atoms with E-state index >= 15 is 0 Å². The van der Waals surface area contributed by atoms with E-state index in [2.05, 4.69) is 15.2 Å². The molecule has 2 aliphatic rings. The maximum absolute atomic E-state index is 12.4. The molecule has 7 nitrogen and oxygen atoms in total. The molecule has 1 aromatic heterocycles. The van der Waals surface area contributed by atoms with Crippen LogP contribution in [0.3, 0.4) is 0 Å². The molecule has 0 atom stereocenters. The van der Waals surface area contributed by atoms with Gasteiger partial charge in [-0.3, -0.25) is 9.88 Å². The third-order valence-corrected chi connectivity index (χ3v) is 4.65. The van der Waals surface area contributed by atoms with Gasteiger partial charge in [0.1, 0.15) is 0 Å². The summed E-state index contributed by atoms with van der Waals surface area (Å²) in [5.74, 6) is 1.49. The van der Waals surface area contributed by atoms with Crippen LogP contribution in [0.1, 0.15) is 11.3 Å². The summed E-state index contributed by atoms with van der Waals surface area (Å²) in [6.07, 6.45) is 1.81. The molecule has 1 saturated heterocycles. The molecule has 0 unspecified atom stereocenters. The fourth-order valence-corrected chi connectivity index (χ4v) is 3.17. The summed E-state index contributed by atoms with van der Waals surface area (Å²) >= 11 is 0. The number of fused-ring (bicyclic) bond motifs is 1. The Morgan fingerprint density at radius 2 is 1.92 bits per heavy atom. The van der Waals surface area contributed by atoms with E-state index in [0.717, 1.165) is 55.5 Å². The second-order valence-corrected chi connectivity index (χ2v) is 6.43. The highest BCUT2D eigenvalue weighted by atomic mass is 16.7. The summed E-state index contributed by atoms with van der Waals surface area (Å²) in [6.45, 7) is 4.71. The minimum absolute atomic E-state index is 0.0276. The summed E-state index contributed by atoms with van der Waals surface area (Å²) in [5, 5.41) is 2.98. The van der Waals surface area contributed by atoms with Crippen molar-refractivity contribution in [2.24, 2.45) is 0 Å². The van der Waals surface area contributed by atoms with E-state index in [-0.39, 0.29) is 12.8 Å². The van der Waals surface area contributed by atoms with Gasteiger partial charge in [0.15, 0.2) is 11.5 Å². The number of nitrogens with one attached hydrogen (secondary N) is 1. The minimum Gasteiger partial charge on any atom is -0.454 e. The molecule has 2 amide bonds. The number of amides is 2. The smallest absolute Gasteiger partial charge is 0.317 e. The third kappa shape index (κ3) is 3.88. The van der Waals surface area contributed by atoms with Gasteiger partial charge < -0.3 is 19.7 Å². The average molecular weight is 354 g/mol. The van der Waals surface area contributed by atoms with Gasteiger partial charge in [0.05, 0.1) is 5.69 Å². The number of nitrogens with zero attached hydrogens (tertiary/aromatic N) is 3. The lowest BCUT2D eigenvalue weighted by molar-refractivity contribution is 0.134. The molecule has 0 bridgehead atoms. The van der Waals surface area contributed by atoms with Gasteiger partial charge in [0.25, 0.3) is 0 Å². The molecule has 26 heavy (non-hydrogen) atoms. The predicted octanol–water partition coefficient (Wildman–Crippen LogP) is 1.84. The van der Waals surface area contributed by atoms with Crippen molar-refractivity contribution in [2.45, 2.75) is 13.1 Å². The molecule has 2 aliphatic heterocycles. The first-order chi connectivity index (χ1) is 12.8. The van der Waals surface area contributed by atoms with E-state index in [1.807, 2.05) is 47.5 Å². The van der Waals surface area contributed by atoms with Crippen LogP contribution >= 0.6 is 0 Å². The van der Waals surface area contributed by atoms with Gasteiger partial charge in [0, 0.05) is 45.5 Å². The Labute approximate surface area is 152 Å². The van der Waals surface area contributed by atoms with Crippen LogP contribution in [0.2, 0.25) is 0 Å². The third-order valence-electron chi connectivity index (χ3n) is 4.65. The molecule has 0 aliphatic carbocycles. The van der Waals surface area contributed by atoms with Gasteiger partial charge in [0.2, 0.25) is 6.79 Å². The first kappa shape index (κ1) is 16.7. The molecule has 1 N–H and O–H groups in total. The van der Waals surface area contributed by atoms with Gasteiger partial charge >= 0.3 is 6.03 Å². The number of ether oxygens (including phenoxy) is 2. The van der Waals surface area contributed by atoms with Crippen LogP contribution < -0.4 is 14.8 Å². The number of carbonyl (C=O) groups excluding carboxylic acids is 1. The lowest BCUT2D eigenvalue weighted by Gasteiger charge is -2.34. The van der Waals surface area contributed by atoms with Crippen molar-refractivity contribution in [1.82, 2.24) is 20.1 Å². The lowest BCUT2D eigenvalue weighted by atomic mass is 10.2. The van der Waals surface area contributed by atoms with Crippen molar-refractivity contribution in [3.05, 3.63) is 53.9 Å². The van der Waals surface area contributed by atoms with Crippen molar-refractivity contribution in [1.29, 1.82) is 0 Å². The van der Waals surface area contributed by atoms with Gasteiger partial charge in [-0.2, -0.15) is 0 Å². The van der Waals surface area contributed by atoms with Crippen molar-refractivity contribution in [3.8, 4) is 11.5 Å². The summed E-state index contributed by atoms with van der Waals surface area (Å²) in [4.78, 5) is 20.9. The Morgan fingerprint density at radius 3 is 2.73 bits per heavy atom. The first-order valence-corrected chi connectivity index (χ1v) is 8.81. The summed E-state index contributed by atoms with van der Waals surface area (Å²) in [5.41, 5.74) is 2.06. The highest BCUT2D eigenvalue weighted by Crippen LogP contribution is 2.32. The molecule has 0 radical (unpaired) electrons. The fraction of sp³-hybridized carbons (Fsp3) is 0.368. The molecular formula is C19H22N4O3. The van der Waals surface area contributed by atoms with E-state index in [1.165, 1.54) is 0 Å². The van der Waals surface area contributed by atoms with Crippen molar-refractivity contribution in [3.63, 3.8) is 0 Å². The summed E-state index contributed by atoms with van der Waals surface area (Å²) in [7, 11) is 0. The summed E-state index contributed by atoms with van der Waals surface area (Å²) in [6, 6.07) is 11.7. The standard InChI is InChI=1S/C19H22N4O3/c24-19(21-12-15-4-5-17-18(11-15)26-14-25-17)23-9-7-22(8-10-23)13-16-3-1-2-6-20-16/h1-6,11H,7-10,12-14H2,(H,21,24). The molecule has 4 rings (SSSR count). The number of piperazine rings is 1. The zero-order valence-electron chi connectivity index (χ0n) is 14.6. The number of pyridine rings is 1. The van der Waals surface area contributed by atoms with Gasteiger partial charge in [-0.15, -0.1) is 0 Å². The molecular weight excluding hydrogens is 332 g/mol. The van der Waals surface area contributed by atoms with Crippen LogP contribution in [-0.4, -0.2) is 53.8 Å². The maximum Gasteiger partial charge on any atom is 0.317 e. The van der Waals surface area contributed by atoms with E-state index in [9.17, 15) is 4.79 Å². The second kappa shape index (κ2) is 7.61. The van der Waals surface area contributed by atoms with E-state index < -0.39 is 0 Å². The fourth-order valence-electron chi connectivity index (χ4n) is 3.17. The average Bonchev–Trinajstić information content (AvgIpc) is 3.15. The topological polar surface area (TPSA) is 66.9 Å². The molecule has 3 heterocycles. The number of hydrogen-bond acceptors (Lipinski definition) is 5. The van der Waals surface area contributed by atoms with Crippen LogP contribution in [0.25, 0.3) is 0 Å². The maximum atomic E-state index is 12.4. The van der Waals surface area contributed by atoms with Crippen molar-refractivity contribution < 1.29 is 14.3 Å². The van der Waals surface area contributed by atoms with Crippen LogP contribution in [0.4, 0.5) is 4.79 Å². The summed E-state index contributed by atoms with van der Waals surface area (Å²) < 4.78 is 10.7. The zero-order valence-corrected chi connectivity index (χ0v) is 14.6. The molecule has 2 aromatic rings. The Bertz CT molecular complexity index is 761. The Morgan fingerprint density at radius 1 is 1.08 bits per heavy atom. The van der Waals surface area contributed by atoms with Crippen molar-refractivity contribution >= 4 is 6.03 Å². The predicted molar refractivity (Wildman–Crippen MR) is 95.9 cm³/mol. The SMILES string of the molecule is O=C(NCc1ccc2c(c1)OCO2)N1CCN(Cc2ccccn2)CC1. The van der Waals surface area contributed by atoms with Crippen LogP contribution in [0.5, 0.6) is 11.5 Å². The first-order valence-electron chi connectivity index (χ1n) is 8.81. The number of rotatable bonds is 4. The van der Waals surface area contributed by atoms with Crippen LogP contribution in [0, 0.1) is 0 Å². The van der Waals surface area contributed by atoms with Crippen LogP contribution in [-0.2, 0) is 13.1 Å². The van der Waals surface area contributed by atoms with E-state index in [1.54, 1.807) is 0 Å². The van der Waals surface area contributed by atoms with Crippen molar-refractivity contribution in [2.75, 3.05) is 33.0 Å². The molecule has 0 saturated carbocycles. The molecule has 1 aromatic carbocycles. The number of urea groups is 1. The van der Waals surface area contributed by atoms with Crippen LogP contribution in [0.15, 0.2) is 42.6 Å². The molecule has 1 fully saturated rings.